The van der Waals surface area contributed by atoms with E-state index in [1.165, 1.54) is 0 Å². The molecule has 2 rings (SSSR count). The summed E-state index contributed by atoms with van der Waals surface area (Å²) in [5.74, 6) is 2.32. The van der Waals surface area contributed by atoms with Gasteiger partial charge in [0.15, 0.2) is 12.2 Å². The molecule has 1 aliphatic rings. The van der Waals surface area contributed by atoms with Crippen molar-refractivity contribution in [1.29, 1.82) is 1.43 Å². The maximum atomic E-state index is 13.5. The number of carbonyl (C=O) groups is 1. The third kappa shape index (κ3) is 5.09. The Balaban J connectivity index is 2.51. The van der Waals surface area contributed by atoms with Crippen LogP contribution in [0.25, 0.3) is 0 Å². The van der Waals surface area contributed by atoms with Gasteiger partial charge in [0, 0.05) is 11.4 Å². The SMILES string of the molecule is [2H]OC(C(=O)OCC#CC([2H])([2H])N(C([2H])([2H])C)C([2H])([2H])C)(c1c([2H])c([2H])c([2H])c([2H])c1[2H])C1CCCCC1. The molecule has 26 heavy (non-hydrogen) atoms. The average Bonchev–Trinajstić information content (AvgIpc) is 2.80. The molecular weight excluding hydrogens is 326 g/mol. The molecule has 0 spiro atoms. The molecule has 1 fully saturated rings. The molecule has 0 saturated heterocycles. The molecule has 0 aromatic heterocycles. The van der Waals surface area contributed by atoms with Crippen molar-refractivity contribution in [3.05, 3.63) is 35.8 Å². The first-order valence-corrected chi connectivity index (χ1v) is 8.53. The van der Waals surface area contributed by atoms with Gasteiger partial charge < -0.3 is 9.85 Å². The van der Waals surface area contributed by atoms with Crippen molar-refractivity contribution in [2.45, 2.75) is 51.6 Å². The normalized spacial score (nSPS) is 25.5. The number of aliphatic hydroxyl groups is 1. The third-order valence-corrected chi connectivity index (χ3v) is 4.33. The van der Waals surface area contributed by atoms with Crippen LogP contribution >= 0.6 is 0 Å². The summed E-state index contributed by atoms with van der Waals surface area (Å²) < 4.78 is 101. The molecule has 1 atom stereocenters. The molecule has 1 saturated carbocycles. The summed E-state index contributed by atoms with van der Waals surface area (Å²) in [6.45, 7) is -6.53. The Bertz CT molecular complexity index is 1060. The van der Waals surface area contributed by atoms with Crippen molar-refractivity contribution in [3.8, 4) is 11.8 Å². The van der Waals surface area contributed by atoms with Crippen LogP contribution in [0.1, 0.15) is 66.6 Å². The van der Waals surface area contributed by atoms with E-state index in [4.69, 9.17) is 26.4 Å². The van der Waals surface area contributed by atoms with Crippen LogP contribution in [0.3, 0.4) is 0 Å². The Morgan fingerprint density at radius 2 is 2.00 bits per heavy atom. The number of hydrogen-bond acceptors (Lipinski definition) is 4. The maximum Gasteiger partial charge on any atom is 0.344 e. The van der Waals surface area contributed by atoms with Gasteiger partial charge in [-0.2, -0.15) is 0 Å². The summed E-state index contributed by atoms with van der Waals surface area (Å²) in [6.07, 6.45) is 2.85. The van der Waals surface area contributed by atoms with E-state index in [1.807, 2.05) is 0 Å². The van der Waals surface area contributed by atoms with Gasteiger partial charge in [0.2, 0.25) is 1.43 Å². The van der Waals surface area contributed by atoms with Crippen molar-refractivity contribution < 1.29 is 29.7 Å². The third-order valence-electron chi connectivity index (χ3n) is 4.33. The number of rotatable bonds is 8. The Labute approximate surface area is 174 Å². The lowest BCUT2D eigenvalue weighted by Crippen LogP contribution is -2.45. The molecular formula is C22H31NO3. The fraction of sp³-hybridized carbons (Fsp3) is 0.591. The molecule has 0 bridgehead atoms. The highest BCUT2D eigenvalue weighted by molar-refractivity contribution is 5.81. The van der Waals surface area contributed by atoms with Crippen LogP contribution in [0.15, 0.2) is 30.2 Å². The van der Waals surface area contributed by atoms with Gasteiger partial charge in [0.25, 0.3) is 0 Å². The van der Waals surface area contributed by atoms with E-state index in [0.29, 0.717) is 25.7 Å². The van der Waals surface area contributed by atoms with Crippen LogP contribution in [0, 0.1) is 17.8 Å². The molecule has 1 unspecified atom stereocenters. The largest absolute Gasteiger partial charge is 0.450 e. The predicted octanol–water partition coefficient (Wildman–Crippen LogP) is 3.34. The van der Waals surface area contributed by atoms with Gasteiger partial charge in [-0.3, -0.25) is 4.90 Å². The summed E-state index contributed by atoms with van der Waals surface area (Å²) in [7, 11) is 0. The second-order valence-electron chi connectivity index (χ2n) is 5.84. The van der Waals surface area contributed by atoms with Crippen LogP contribution in [-0.2, 0) is 15.1 Å². The first-order chi connectivity index (χ1) is 17.3. The molecule has 1 aromatic rings. The number of hydrogen-bond donors (Lipinski definition) is 1. The van der Waals surface area contributed by atoms with Crippen molar-refractivity contribution in [1.82, 2.24) is 4.90 Å². The van der Waals surface area contributed by atoms with Crippen molar-refractivity contribution in [3.63, 3.8) is 0 Å². The Morgan fingerprint density at radius 3 is 2.62 bits per heavy atom. The van der Waals surface area contributed by atoms with Crippen molar-refractivity contribution in [2.75, 3.05) is 26.1 Å². The minimum absolute atomic E-state index is 0.285. The summed E-state index contributed by atoms with van der Waals surface area (Å²) >= 11 is 0. The topological polar surface area (TPSA) is 49.8 Å². The minimum atomic E-state index is -2.82. The second kappa shape index (κ2) is 10.4. The van der Waals surface area contributed by atoms with E-state index in [1.54, 1.807) is 0 Å². The molecule has 4 nitrogen and oxygen atoms in total. The smallest absolute Gasteiger partial charge is 0.344 e. The molecule has 1 aromatic carbocycles. The number of benzene rings is 1. The Kier molecular flexibility index (Phi) is 3.74. The van der Waals surface area contributed by atoms with Gasteiger partial charge in [-0.15, -0.1) is 0 Å². The highest BCUT2D eigenvalue weighted by Crippen LogP contribution is 2.40. The van der Waals surface area contributed by atoms with E-state index in [0.717, 1.165) is 20.3 Å². The number of nitrogens with zero attached hydrogens (tertiary/aromatic N) is 1. The molecule has 4 heteroatoms. The zero-order valence-electron chi connectivity index (χ0n) is 27.0. The molecule has 0 heterocycles. The molecule has 0 aliphatic heterocycles. The Hall–Kier alpha value is -1.83. The molecule has 0 amide bonds. The lowest BCUT2D eigenvalue weighted by atomic mass is 9.73. The highest BCUT2D eigenvalue weighted by atomic mass is 16.5. The summed E-state index contributed by atoms with van der Waals surface area (Å²) in [5.41, 5.74) is -2.90. The van der Waals surface area contributed by atoms with Crippen LogP contribution in [0.2, 0.25) is 0 Å². The first kappa shape index (κ1) is 9.39. The van der Waals surface area contributed by atoms with Gasteiger partial charge in [-0.1, -0.05) is 75.2 Å². The molecule has 1 aliphatic carbocycles. The van der Waals surface area contributed by atoms with E-state index in [9.17, 15) is 4.79 Å². The quantitative estimate of drug-likeness (QED) is 0.564. The lowest BCUT2D eigenvalue weighted by molar-refractivity contribution is -0.174. The van der Waals surface area contributed by atoms with Gasteiger partial charge in [0.05, 0.1) is 16.1 Å². The van der Waals surface area contributed by atoms with Gasteiger partial charge in [0.1, 0.15) is 0 Å². The van der Waals surface area contributed by atoms with Crippen LogP contribution in [-0.4, -0.2) is 43.5 Å². The average molecular weight is 370 g/mol. The van der Waals surface area contributed by atoms with Crippen LogP contribution in [0.5, 0.6) is 0 Å². The number of ether oxygens (including phenoxy) is 1. The predicted molar refractivity (Wildman–Crippen MR) is 103 cm³/mol. The lowest BCUT2D eigenvalue weighted by Gasteiger charge is -2.36. The minimum Gasteiger partial charge on any atom is -0.450 e. The van der Waals surface area contributed by atoms with E-state index < -0.39 is 79.4 Å². The molecule has 1 N–H and O–H groups in total. The van der Waals surface area contributed by atoms with Gasteiger partial charge >= 0.3 is 5.97 Å². The standard InChI is InChI=1S/C22H31NO3/c1-3-23(4-2)17-11-12-18-26-21(24)22(25,19-13-7-5-8-14-19)20-15-9-6-10-16-20/h5,7-8,13-14,20,25H,3-4,6,9-10,15-18H2,1-2H3/i3D2,4D2,5D,7D,8D,13D,14D,17D2,25D. The van der Waals surface area contributed by atoms with Gasteiger partial charge in [-0.25, -0.2) is 4.79 Å². The van der Waals surface area contributed by atoms with E-state index in [-0.39, 0.29) is 4.90 Å². The fourth-order valence-electron chi connectivity index (χ4n) is 2.98. The van der Waals surface area contributed by atoms with E-state index in [2.05, 4.69) is 11.8 Å². The Morgan fingerprint density at radius 1 is 1.31 bits per heavy atom. The number of esters is 1. The van der Waals surface area contributed by atoms with Crippen LogP contribution in [0.4, 0.5) is 0 Å². The second-order valence-corrected chi connectivity index (χ2v) is 5.84. The monoisotopic (exact) mass is 369 g/mol. The van der Waals surface area contributed by atoms with Crippen molar-refractivity contribution >= 4 is 5.97 Å². The highest BCUT2D eigenvalue weighted by Gasteiger charge is 2.46. The molecule has 142 valence electrons. The summed E-state index contributed by atoms with van der Waals surface area (Å²) in [6, 6.07) is -3.51. The van der Waals surface area contributed by atoms with Crippen molar-refractivity contribution in [2.24, 2.45) is 5.92 Å². The maximum absolute atomic E-state index is 13.5. The van der Waals surface area contributed by atoms with Crippen LogP contribution < -0.4 is 0 Å². The fourth-order valence-corrected chi connectivity index (χ4v) is 2.98. The zero-order valence-corrected chi connectivity index (χ0v) is 15.0. The zero-order chi connectivity index (χ0) is 29.3. The van der Waals surface area contributed by atoms with E-state index >= 15 is 0 Å². The summed E-state index contributed by atoms with van der Waals surface area (Å²) in [4.78, 5) is 13.8. The number of carbonyl (C=O) groups excluding carboxylic acids is 1. The van der Waals surface area contributed by atoms with Gasteiger partial charge in [-0.05, 0) is 31.4 Å². The molecule has 0 radical (unpaired) electrons. The first-order valence-electron chi connectivity index (χ1n) is 14.4. The summed E-state index contributed by atoms with van der Waals surface area (Å²) in [5, 5.41) is 4.94.